The molecule has 0 saturated carbocycles. The molecule has 1 unspecified atom stereocenters. The number of nitrogen functional groups attached to an aromatic ring is 1. The Balaban J connectivity index is 1.84. The van der Waals surface area contributed by atoms with Gasteiger partial charge in [0.15, 0.2) is 0 Å². The molecule has 1 fully saturated rings. The summed E-state index contributed by atoms with van der Waals surface area (Å²) < 4.78 is 37.7. The third kappa shape index (κ3) is 3.18. The summed E-state index contributed by atoms with van der Waals surface area (Å²) in [4.78, 5) is 8.34. The fourth-order valence-electron chi connectivity index (χ4n) is 2.51. The van der Waals surface area contributed by atoms with Crippen molar-refractivity contribution in [2.75, 3.05) is 32.5 Å². The molecule has 2 heterocycles. The molecule has 0 radical (unpaired) electrons. The molecule has 9 heteroatoms. The highest BCUT2D eigenvalue weighted by Gasteiger charge is 2.33. The standard InChI is InChI=1S/C15H18N4O4S/c1-22-11-2-4-12(5-3-11)24(20,21)19-8-9-23-13(10-19)14-15(16)18-7-6-17-14/h2-7,13H,8-10H2,1H3,(H2,16,18). The number of hydrogen-bond donors (Lipinski definition) is 1. The Morgan fingerprint density at radius 3 is 2.62 bits per heavy atom. The van der Waals surface area contributed by atoms with E-state index in [0.717, 1.165) is 0 Å². The van der Waals surface area contributed by atoms with Crippen molar-refractivity contribution in [3.63, 3.8) is 0 Å². The summed E-state index contributed by atoms with van der Waals surface area (Å²) in [6, 6.07) is 6.28. The van der Waals surface area contributed by atoms with Crippen molar-refractivity contribution in [1.82, 2.24) is 14.3 Å². The Kier molecular flexibility index (Phi) is 4.65. The number of aromatic nitrogens is 2. The fraction of sp³-hybridized carbons (Fsp3) is 0.333. The van der Waals surface area contributed by atoms with Gasteiger partial charge in [-0.15, -0.1) is 0 Å². The number of nitrogens with two attached hydrogens (primary N) is 1. The summed E-state index contributed by atoms with van der Waals surface area (Å²) in [6.45, 7) is 0.665. The van der Waals surface area contributed by atoms with Gasteiger partial charge in [0.05, 0.1) is 18.6 Å². The van der Waals surface area contributed by atoms with E-state index in [0.29, 0.717) is 11.4 Å². The number of ether oxygens (including phenoxy) is 2. The van der Waals surface area contributed by atoms with E-state index in [9.17, 15) is 8.42 Å². The van der Waals surface area contributed by atoms with Gasteiger partial charge in [0.2, 0.25) is 10.0 Å². The zero-order valence-electron chi connectivity index (χ0n) is 13.1. The first-order valence-electron chi connectivity index (χ1n) is 7.34. The average molecular weight is 350 g/mol. The number of hydrogen-bond acceptors (Lipinski definition) is 7. The Hall–Kier alpha value is -2.23. The molecule has 1 aromatic carbocycles. The van der Waals surface area contributed by atoms with Crippen molar-refractivity contribution in [1.29, 1.82) is 0 Å². The normalized spacial score (nSPS) is 19.1. The highest BCUT2D eigenvalue weighted by atomic mass is 32.2. The predicted molar refractivity (Wildman–Crippen MR) is 86.9 cm³/mol. The van der Waals surface area contributed by atoms with Gasteiger partial charge < -0.3 is 15.2 Å². The molecule has 0 amide bonds. The zero-order chi connectivity index (χ0) is 17.2. The van der Waals surface area contributed by atoms with Crippen LogP contribution >= 0.6 is 0 Å². The van der Waals surface area contributed by atoms with Gasteiger partial charge in [-0.1, -0.05) is 0 Å². The zero-order valence-corrected chi connectivity index (χ0v) is 13.9. The van der Waals surface area contributed by atoms with Crippen LogP contribution in [0.15, 0.2) is 41.6 Å². The summed E-state index contributed by atoms with van der Waals surface area (Å²) in [6.07, 6.45) is 2.44. The van der Waals surface area contributed by atoms with Crippen molar-refractivity contribution in [2.24, 2.45) is 0 Å². The summed E-state index contributed by atoms with van der Waals surface area (Å²) in [7, 11) is -2.10. The maximum atomic E-state index is 12.8. The highest BCUT2D eigenvalue weighted by molar-refractivity contribution is 7.89. The van der Waals surface area contributed by atoms with Gasteiger partial charge in [0.25, 0.3) is 0 Å². The maximum absolute atomic E-state index is 12.8. The fourth-order valence-corrected chi connectivity index (χ4v) is 3.94. The molecule has 128 valence electrons. The molecule has 1 atom stereocenters. The molecule has 0 spiro atoms. The van der Waals surface area contributed by atoms with Crippen molar-refractivity contribution in [3.8, 4) is 5.75 Å². The van der Waals surface area contributed by atoms with Crippen LogP contribution in [0.25, 0.3) is 0 Å². The Labute approximate surface area is 140 Å². The average Bonchev–Trinajstić information content (AvgIpc) is 2.62. The molecule has 1 aromatic heterocycles. The van der Waals surface area contributed by atoms with Gasteiger partial charge in [-0.2, -0.15) is 4.31 Å². The number of anilines is 1. The van der Waals surface area contributed by atoms with E-state index in [1.807, 2.05) is 0 Å². The molecule has 0 aliphatic carbocycles. The smallest absolute Gasteiger partial charge is 0.243 e. The van der Waals surface area contributed by atoms with Crippen LogP contribution in [0.4, 0.5) is 5.82 Å². The maximum Gasteiger partial charge on any atom is 0.243 e. The van der Waals surface area contributed by atoms with Gasteiger partial charge in [-0.25, -0.2) is 13.4 Å². The molecule has 8 nitrogen and oxygen atoms in total. The number of rotatable bonds is 4. The second-order valence-corrected chi connectivity index (χ2v) is 7.16. The van der Waals surface area contributed by atoms with Crippen LogP contribution in [-0.2, 0) is 14.8 Å². The Morgan fingerprint density at radius 2 is 1.96 bits per heavy atom. The second-order valence-electron chi connectivity index (χ2n) is 5.22. The van der Waals surface area contributed by atoms with E-state index < -0.39 is 16.1 Å². The number of benzene rings is 1. The number of sulfonamides is 1. The topological polar surface area (TPSA) is 108 Å². The number of nitrogens with zero attached hydrogens (tertiary/aromatic N) is 3. The lowest BCUT2D eigenvalue weighted by molar-refractivity contribution is -0.00465. The first kappa shape index (κ1) is 16.6. The van der Waals surface area contributed by atoms with E-state index in [1.54, 1.807) is 12.1 Å². The first-order valence-corrected chi connectivity index (χ1v) is 8.78. The molecule has 24 heavy (non-hydrogen) atoms. The highest BCUT2D eigenvalue weighted by Crippen LogP contribution is 2.28. The van der Waals surface area contributed by atoms with Crippen LogP contribution < -0.4 is 10.5 Å². The van der Waals surface area contributed by atoms with Crippen LogP contribution in [0.1, 0.15) is 11.8 Å². The van der Waals surface area contributed by atoms with Crippen molar-refractivity contribution >= 4 is 15.8 Å². The van der Waals surface area contributed by atoms with Crippen molar-refractivity contribution < 1.29 is 17.9 Å². The minimum absolute atomic E-state index is 0.136. The minimum atomic E-state index is -3.63. The molecular formula is C15H18N4O4S. The lowest BCUT2D eigenvalue weighted by atomic mass is 10.2. The minimum Gasteiger partial charge on any atom is -0.497 e. The van der Waals surface area contributed by atoms with E-state index in [-0.39, 0.29) is 30.4 Å². The summed E-state index contributed by atoms with van der Waals surface area (Å²) in [5.41, 5.74) is 6.26. The number of methoxy groups -OCH3 is 1. The van der Waals surface area contributed by atoms with E-state index >= 15 is 0 Å². The summed E-state index contributed by atoms with van der Waals surface area (Å²) in [5.74, 6) is 0.840. The number of morpholine rings is 1. The summed E-state index contributed by atoms with van der Waals surface area (Å²) in [5, 5.41) is 0. The van der Waals surface area contributed by atoms with Crippen LogP contribution in [-0.4, -0.2) is 49.5 Å². The molecule has 2 aromatic rings. The van der Waals surface area contributed by atoms with E-state index in [1.165, 1.54) is 35.9 Å². The molecular weight excluding hydrogens is 332 g/mol. The van der Waals surface area contributed by atoms with E-state index in [2.05, 4.69) is 9.97 Å². The van der Waals surface area contributed by atoms with Crippen LogP contribution in [0, 0.1) is 0 Å². The SMILES string of the molecule is COc1ccc(S(=O)(=O)N2CCOC(c3nccnc3N)C2)cc1. The van der Waals surface area contributed by atoms with Gasteiger partial charge >= 0.3 is 0 Å². The Morgan fingerprint density at radius 1 is 1.25 bits per heavy atom. The molecule has 3 rings (SSSR count). The van der Waals surface area contributed by atoms with Gasteiger partial charge in [-0.3, -0.25) is 4.98 Å². The van der Waals surface area contributed by atoms with Crippen LogP contribution in [0.5, 0.6) is 5.75 Å². The predicted octanol–water partition coefficient (Wildman–Crippen LogP) is 0.830. The lowest BCUT2D eigenvalue weighted by Gasteiger charge is -2.32. The second kappa shape index (κ2) is 6.71. The molecule has 2 N–H and O–H groups in total. The van der Waals surface area contributed by atoms with Crippen molar-refractivity contribution in [2.45, 2.75) is 11.0 Å². The van der Waals surface area contributed by atoms with Gasteiger partial charge in [0.1, 0.15) is 23.4 Å². The third-order valence-electron chi connectivity index (χ3n) is 3.79. The van der Waals surface area contributed by atoms with Gasteiger partial charge in [-0.05, 0) is 24.3 Å². The Bertz CT molecular complexity index is 810. The third-order valence-corrected chi connectivity index (χ3v) is 5.67. The molecule has 0 bridgehead atoms. The monoisotopic (exact) mass is 350 g/mol. The van der Waals surface area contributed by atoms with E-state index in [4.69, 9.17) is 15.2 Å². The van der Waals surface area contributed by atoms with Gasteiger partial charge in [0, 0.05) is 25.5 Å². The molecule has 1 saturated heterocycles. The first-order chi connectivity index (χ1) is 11.5. The van der Waals surface area contributed by atoms with Crippen molar-refractivity contribution in [3.05, 3.63) is 42.4 Å². The largest absolute Gasteiger partial charge is 0.497 e. The lowest BCUT2D eigenvalue weighted by Crippen LogP contribution is -2.42. The summed E-state index contributed by atoms with van der Waals surface area (Å²) >= 11 is 0. The quantitative estimate of drug-likeness (QED) is 0.870. The molecule has 1 aliphatic heterocycles. The van der Waals surface area contributed by atoms with Crippen LogP contribution in [0.3, 0.4) is 0 Å². The molecule has 1 aliphatic rings. The van der Waals surface area contributed by atoms with Crippen LogP contribution in [0.2, 0.25) is 0 Å².